The average Bonchev–Trinajstić information content (AvgIpc) is 2.86. The van der Waals surface area contributed by atoms with E-state index >= 15 is 0 Å². The molecule has 0 saturated heterocycles. The molecule has 0 atom stereocenters. The number of pyridine rings is 1. The monoisotopic (exact) mass is 258 g/mol. The molecule has 19 heavy (non-hydrogen) atoms. The van der Waals surface area contributed by atoms with Crippen LogP contribution in [0.3, 0.4) is 0 Å². The van der Waals surface area contributed by atoms with Gasteiger partial charge in [0.05, 0.1) is 6.34 Å². The van der Waals surface area contributed by atoms with Gasteiger partial charge in [-0.15, -0.1) is 10.2 Å². The van der Waals surface area contributed by atoms with Gasteiger partial charge >= 0.3 is 0 Å². The molecule has 0 unspecified atom stereocenters. The van der Waals surface area contributed by atoms with Crippen molar-refractivity contribution < 1.29 is 0 Å². The first-order valence-corrected chi connectivity index (χ1v) is 6.15. The maximum Gasteiger partial charge on any atom is 0.182 e. The van der Waals surface area contributed by atoms with Gasteiger partial charge in [0.25, 0.3) is 0 Å². The van der Waals surface area contributed by atoms with Crippen molar-refractivity contribution in [3.63, 3.8) is 0 Å². The molecule has 6 heteroatoms. The molecule has 0 aromatic carbocycles. The van der Waals surface area contributed by atoms with Crippen LogP contribution in [-0.2, 0) is 0 Å². The third-order valence-corrected chi connectivity index (χ3v) is 2.51. The van der Waals surface area contributed by atoms with Crippen LogP contribution in [0.15, 0.2) is 29.5 Å². The molecular weight excluding hydrogens is 240 g/mol. The second kappa shape index (κ2) is 5.60. The van der Waals surface area contributed by atoms with Gasteiger partial charge in [-0.05, 0) is 26.0 Å². The predicted molar refractivity (Wildman–Crippen MR) is 75.5 cm³/mol. The highest BCUT2D eigenvalue weighted by molar-refractivity contribution is 5.60. The van der Waals surface area contributed by atoms with Crippen LogP contribution in [0.4, 0.5) is 5.82 Å². The molecule has 0 saturated carbocycles. The second-order valence-corrected chi connectivity index (χ2v) is 4.74. The van der Waals surface area contributed by atoms with E-state index in [-0.39, 0.29) is 0 Å². The van der Waals surface area contributed by atoms with Gasteiger partial charge in [0.2, 0.25) is 0 Å². The van der Waals surface area contributed by atoms with Gasteiger partial charge in [-0.25, -0.2) is 9.98 Å². The molecule has 0 amide bonds. The Morgan fingerprint density at radius 2 is 2.11 bits per heavy atom. The highest BCUT2D eigenvalue weighted by atomic mass is 15.3. The first kappa shape index (κ1) is 13.2. The summed E-state index contributed by atoms with van der Waals surface area (Å²) in [5.41, 5.74) is 0.777. The standard InChI is InChI=1S/C13H18N6/c1-10(2)19-9-15-17-13(19)11-6-5-7-12(16-11)14-8-18(3)4/h5-10H,1-4H3. The second-order valence-electron chi connectivity index (χ2n) is 4.74. The smallest absolute Gasteiger partial charge is 0.182 e. The normalized spacial score (nSPS) is 11.4. The lowest BCUT2D eigenvalue weighted by Crippen LogP contribution is -2.07. The number of hydrogen-bond donors (Lipinski definition) is 0. The van der Waals surface area contributed by atoms with Gasteiger partial charge in [0.1, 0.15) is 12.0 Å². The third-order valence-electron chi connectivity index (χ3n) is 2.51. The molecule has 100 valence electrons. The maximum atomic E-state index is 4.48. The number of rotatable bonds is 4. The van der Waals surface area contributed by atoms with E-state index in [0.717, 1.165) is 11.5 Å². The van der Waals surface area contributed by atoms with E-state index in [2.05, 4.69) is 34.0 Å². The van der Waals surface area contributed by atoms with Gasteiger partial charge in [-0.1, -0.05) is 6.07 Å². The molecule has 0 aliphatic carbocycles. The largest absolute Gasteiger partial charge is 0.369 e. The van der Waals surface area contributed by atoms with E-state index in [1.807, 2.05) is 41.8 Å². The Balaban J connectivity index is 2.35. The number of nitrogens with zero attached hydrogens (tertiary/aromatic N) is 6. The zero-order chi connectivity index (χ0) is 13.8. The third kappa shape index (κ3) is 3.15. The van der Waals surface area contributed by atoms with Gasteiger partial charge < -0.3 is 9.47 Å². The number of hydrogen-bond acceptors (Lipinski definition) is 4. The Morgan fingerprint density at radius 3 is 2.79 bits per heavy atom. The summed E-state index contributed by atoms with van der Waals surface area (Å²) >= 11 is 0. The predicted octanol–water partition coefficient (Wildman–Crippen LogP) is 2.14. The first-order valence-electron chi connectivity index (χ1n) is 6.15. The van der Waals surface area contributed by atoms with E-state index in [9.17, 15) is 0 Å². The summed E-state index contributed by atoms with van der Waals surface area (Å²) in [7, 11) is 3.84. The molecule has 0 bridgehead atoms. The lowest BCUT2D eigenvalue weighted by atomic mass is 10.3. The van der Waals surface area contributed by atoms with E-state index in [4.69, 9.17) is 0 Å². The van der Waals surface area contributed by atoms with Gasteiger partial charge in [-0.2, -0.15) is 0 Å². The molecule has 0 N–H and O–H groups in total. The van der Waals surface area contributed by atoms with Crippen molar-refractivity contribution in [3.05, 3.63) is 24.5 Å². The molecule has 2 aromatic rings. The fourth-order valence-electron chi connectivity index (χ4n) is 1.60. The van der Waals surface area contributed by atoms with E-state index in [1.54, 1.807) is 12.7 Å². The lowest BCUT2D eigenvalue weighted by Gasteiger charge is -2.09. The molecule has 6 nitrogen and oxygen atoms in total. The van der Waals surface area contributed by atoms with Gasteiger partial charge in [0.15, 0.2) is 11.6 Å². The van der Waals surface area contributed by atoms with Crippen molar-refractivity contribution >= 4 is 12.2 Å². The zero-order valence-electron chi connectivity index (χ0n) is 11.6. The Kier molecular flexibility index (Phi) is 3.89. The van der Waals surface area contributed by atoms with E-state index in [0.29, 0.717) is 11.9 Å². The van der Waals surface area contributed by atoms with Crippen LogP contribution in [0.2, 0.25) is 0 Å². The summed E-state index contributed by atoms with van der Waals surface area (Å²) in [6.07, 6.45) is 3.44. The molecule has 0 spiro atoms. The zero-order valence-corrected chi connectivity index (χ0v) is 11.6. The Labute approximate surface area is 112 Å². The summed E-state index contributed by atoms with van der Waals surface area (Å²) in [4.78, 5) is 10.6. The quantitative estimate of drug-likeness (QED) is 0.622. The number of aliphatic imine (C=N–C) groups is 1. The van der Waals surface area contributed by atoms with Crippen molar-refractivity contribution in [1.82, 2.24) is 24.6 Å². The van der Waals surface area contributed by atoms with Gasteiger partial charge in [0, 0.05) is 20.1 Å². The first-order chi connectivity index (χ1) is 9.08. The molecule has 0 radical (unpaired) electrons. The Bertz CT molecular complexity index is 570. The van der Waals surface area contributed by atoms with E-state index in [1.165, 1.54) is 0 Å². The molecule has 0 fully saturated rings. The van der Waals surface area contributed by atoms with Crippen molar-refractivity contribution in [2.75, 3.05) is 14.1 Å². The van der Waals surface area contributed by atoms with Crippen molar-refractivity contribution in [1.29, 1.82) is 0 Å². The fraction of sp³-hybridized carbons (Fsp3) is 0.385. The summed E-state index contributed by atoms with van der Waals surface area (Å²) in [6.45, 7) is 4.17. The minimum absolute atomic E-state index is 0.292. The van der Waals surface area contributed by atoms with Gasteiger partial charge in [-0.3, -0.25) is 0 Å². The topological polar surface area (TPSA) is 59.2 Å². The summed E-state index contributed by atoms with van der Waals surface area (Å²) in [5.74, 6) is 1.42. The van der Waals surface area contributed by atoms with Crippen LogP contribution < -0.4 is 0 Å². The van der Waals surface area contributed by atoms with Crippen molar-refractivity contribution in [3.8, 4) is 11.5 Å². The maximum absolute atomic E-state index is 4.48. The molecule has 2 rings (SSSR count). The van der Waals surface area contributed by atoms with Crippen LogP contribution in [0, 0.1) is 0 Å². The van der Waals surface area contributed by atoms with Crippen LogP contribution in [0.25, 0.3) is 11.5 Å². The lowest BCUT2D eigenvalue weighted by molar-refractivity contribution is 0.603. The van der Waals surface area contributed by atoms with Crippen LogP contribution in [0.5, 0.6) is 0 Å². The number of aromatic nitrogens is 4. The SMILES string of the molecule is CC(C)n1cnnc1-c1cccc(N=CN(C)C)n1. The average molecular weight is 258 g/mol. The fourth-order valence-corrected chi connectivity index (χ4v) is 1.60. The molecule has 0 aliphatic rings. The highest BCUT2D eigenvalue weighted by Crippen LogP contribution is 2.20. The summed E-state index contributed by atoms with van der Waals surface area (Å²) in [6, 6.07) is 5.99. The molecular formula is C13H18N6. The Morgan fingerprint density at radius 1 is 1.32 bits per heavy atom. The minimum Gasteiger partial charge on any atom is -0.369 e. The minimum atomic E-state index is 0.292. The van der Waals surface area contributed by atoms with Crippen LogP contribution >= 0.6 is 0 Å². The Hall–Kier alpha value is -2.24. The van der Waals surface area contributed by atoms with Crippen LogP contribution in [-0.4, -0.2) is 45.1 Å². The molecule has 0 aliphatic heterocycles. The van der Waals surface area contributed by atoms with Crippen molar-refractivity contribution in [2.24, 2.45) is 4.99 Å². The summed E-state index contributed by atoms with van der Waals surface area (Å²) in [5, 5.41) is 8.08. The van der Waals surface area contributed by atoms with Crippen molar-refractivity contribution in [2.45, 2.75) is 19.9 Å². The summed E-state index contributed by atoms with van der Waals surface area (Å²) < 4.78 is 1.99. The highest BCUT2D eigenvalue weighted by Gasteiger charge is 2.11. The molecule has 2 aromatic heterocycles. The van der Waals surface area contributed by atoms with E-state index < -0.39 is 0 Å². The molecule has 2 heterocycles. The van der Waals surface area contributed by atoms with Crippen LogP contribution in [0.1, 0.15) is 19.9 Å².